The lowest BCUT2D eigenvalue weighted by Crippen LogP contribution is -1.88. The van der Waals surface area contributed by atoms with Gasteiger partial charge < -0.3 is 11.5 Å². The highest BCUT2D eigenvalue weighted by Gasteiger charge is 1.98. The van der Waals surface area contributed by atoms with Crippen LogP contribution in [0.2, 0.25) is 0 Å². The Morgan fingerprint density at radius 2 is 2.12 bits per heavy atom. The lowest BCUT2D eigenvalue weighted by molar-refractivity contribution is 1.11. The molecule has 0 aliphatic rings. The van der Waals surface area contributed by atoms with Crippen LogP contribution < -0.4 is 11.5 Å². The molecule has 1 heterocycles. The van der Waals surface area contributed by atoms with Crippen molar-refractivity contribution in [2.45, 2.75) is 6.92 Å². The molecule has 0 spiro atoms. The first-order chi connectivity index (χ1) is 3.72. The van der Waals surface area contributed by atoms with Crippen LogP contribution in [0.25, 0.3) is 0 Å². The van der Waals surface area contributed by atoms with Crippen LogP contribution in [-0.4, -0.2) is 10.2 Å². The normalized spacial score (nSPS) is 9.62. The molecule has 0 aliphatic heterocycles. The minimum absolute atomic E-state index is 0.475. The number of nitrogens with two attached hydrogens (primary N) is 2. The zero-order valence-electron chi connectivity index (χ0n) is 4.60. The van der Waals surface area contributed by atoms with Crippen molar-refractivity contribution in [2.75, 3.05) is 11.5 Å². The van der Waals surface area contributed by atoms with E-state index >= 15 is 0 Å². The largest absolute Gasteiger partial charge is 0.384 e. The highest BCUT2D eigenvalue weighted by Crippen LogP contribution is 2.11. The predicted molar refractivity (Wildman–Crippen MR) is 32.1 cm³/mol. The van der Waals surface area contributed by atoms with Crippen LogP contribution in [0.1, 0.15) is 5.56 Å². The van der Waals surface area contributed by atoms with Gasteiger partial charge in [0.25, 0.3) is 0 Å². The first-order valence-electron chi connectivity index (χ1n) is 2.27. The Kier molecular flexibility index (Phi) is 0.865. The van der Waals surface area contributed by atoms with Gasteiger partial charge in [0, 0.05) is 5.56 Å². The van der Waals surface area contributed by atoms with E-state index in [-0.39, 0.29) is 0 Å². The number of nitrogens with one attached hydrogen (secondary N) is 1. The Morgan fingerprint density at radius 1 is 1.50 bits per heavy atom. The van der Waals surface area contributed by atoms with Gasteiger partial charge in [-0.2, -0.15) is 5.10 Å². The molecule has 0 aliphatic carbocycles. The van der Waals surface area contributed by atoms with Gasteiger partial charge in [0.2, 0.25) is 0 Å². The molecule has 44 valence electrons. The molecule has 4 nitrogen and oxygen atoms in total. The van der Waals surface area contributed by atoms with Crippen molar-refractivity contribution in [1.29, 1.82) is 0 Å². The summed E-state index contributed by atoms with van der Waals surface area (Å²) >= 11 is 0. The van der Waals surface area contributed by atoms with Crippen LogP contribution in [-0.2, 0) is 0 Å². The van der Waals surface area contributed by atoms with E-state index in [9.17, 15) is 0 Å². The third kappa shape index (κ3) is 0.501. The van der Waals surface area contributed by atoms with Crippen LogP contribution in [0.5, 0.6) is 0 Å². The quantitative estimate of drug-likeness (QED) is 0.437. The third-order valence-corrected chi connectivity index (χ3v) is 1.09. The van der Waals surface area contributed by atoms with Gasteiger partial charge in [-0.3, -0.25) is 5.10 Å². The van der Waals surface area contributed by atoms with Crippen molar-refractivity contribution in [3.63, 3.8) is 0 Å². The zero-order chi connectivity index (χ0) is 6.15. The van der Waals surface area contributed by atoms with Crippen molar-refractivity contribution in [3.8, 4) is 0 Å². The van der Waals surface area contributed by atoms with Crippen molar-refractivity contribution >= 4 is 11.6 Å². The summed E-state index contributed by atoms with van der Waals surface area (Å²) in [6, 6.07) is 0. The molecule has 0 saturated heterocycles. The average Bonchev–Trinajstić information content (AvgIpc) is 1.98. The van der Waals surface area contributed by atoms with Crippen molar-refractivity contribution in [2.24, 2.45) is 0 Å². The molecule has 0 bridgehead atoms. The molecule has 0 fully saturated rings. The molecule has 0 unspecified atom stereocenters. The molecule has 0 amide bonds. The number of nitrogens with zero attached hydrogens (tertiary/aromatic N) is 1. The van der Waals surface area contributed by atoms with E-state index in [1.165, 1.54) is 0 Å². The summed E-state index contributed by atoms with van der Waals surface area (Å²) in [4.78, 5) is 0. The first-order valence-corrected chi connectivity index (χ1v) is 2.27. The van der Waals surface area contributed by atoms with Gasteiger partial charge in [0.15, 0.2) is 0 Å². The summed E-state index contributed by atoms with van der Waals surface area (Å²) < 4.78 is 0. The van der Waals surface area contributed by atoms with E-state index in [1.54, 1.807) is 0 Å². The maximum atomic E-state index is 5.34. The third-order valence-electron chi connectivity index (χ3n) is 1.09. The molecule has 1 aromatic heterocycles. The maximum Gasteiger partial charge on any atom is 0.150 e. The topological polar surface area (TPSA) is 80.7 Å². The monoisotopic (exact) mass is 112 g/mol. The van der Waals surface area contributed by atoms with Gasteiger partial charge in [-0.25, -0.2) is 0 Å². The van der Waals surface area contributed by atoms with Crippen molar-refractivity contribution in [1.82, 2.24) is 10.2 Å². The maximum absolute atomic E-state index is 5.34. The van der Waals surface area contributed by atoms with Gasteiger partial charge in [-0.1, -0.05) is 0 Å². The summed E-state index contributed by atoms with van der Waals surface area (Å²) in [7, 11) is 0. The molecular weight excluding hydrogens is 104 g/mol. The van der Waals surface area contributed by atoms with Gasteiger partial charge >= 0.3 is 0 Å². The van der Waals surface area contributed by atoms with Crippen LogP contribution in [0.4, 0.5) is 11.6 Å². The van der Waals surface area contributed by atoms with Crippen LogP contribution in [0, 0.1) is 6.92 Å². The van der Waals surface area contributed by atoms with Crippen LogP contribution >= 0.6 is 0 Å². The number of anilines is 2. The first kappa shape index (κ1) is 4.96. The fourth-order valence-electron chi connectivity index (χ4n) is 0.426. The summed E-state index contributed by atoms with van der Waals surface area (Å²) in [6.07, 6.45) is 0. The standard InChI is InChI=1S/C4H8N4/c1-2-3(5)7-8-4(2)6/h1H3,(H5,5,6,7,8). The van der Waals surface area contributed by atoms with E-state index in [0.29, 0.717) is 11.6 Å². The zero-order valence-corrected chi connectivity index (χ0v) is 4.60. The molecule has 0 aromatic carbocycles. The fraction of sp³-hybridized carbons (Fsp3) is 0.250. The summed E-state index contributed by atoms with van der Waals surface area (Å²) in [6.45, 7) is 1.81. The summed E-state index contributed by atoms with van der Waals surface area (Å²) in [5, 5.41) is 6.18. The van der Waals surface area contributed by atoms with Gasteiger partial charge in [-0.15, -0.1) is 0 Å². The fourth-order valence-corrected chi connectivity index (χ4v) is 0.426. The second-order valence-corrected chi connectivity index (χ2v) is 1.65. The van der Waals surface area contributed by atoms with E-state index in [0.717, 1.165) is 5.56 Å². The van der Waals surface area contributed by atoms with E-state index in [2.05, 4.69) is 10.2 Å². The van der Waals surface area contributed by atoms with Gasteiger partial charge in [0.1, 0.15) is 11.6 Å². The minimum Gasteiger partial charge on any atom is -0.384 e. The lowest BCUT2D eigenvalue weighted by atomic mass is 10.3. The Labute approximate surface area is 46.9 Å². The molecule has 8 heavy (non-hydrogen) atoms. The van der Waals surface area contributed by atoms with E-state index in [1.807, 2.05) is 6.92 Å². The van der Waals surface area contributed by atoms with E-state index in [4.69, 9.17) is 11.5 Å². The second kappa shape index (κ2) is 1.40. The molecular formula is C4H8N4. The highest BCUT2D eigenvalue weighted by molar-refractivity contribution is 5.51. The number of H-pyrrole nitrogens is 1. The number of rotatable bonds is 0. The molecule has 4 heteroatoms. The van der Waals surface area contributed by atoms with E-state index < -0.39 is 0 Å². The van der Waals surface area contributed by atoms with Crippen LogP contribution in [0.15, 0.2) is 0 Å². The van der Waals surface area contributed by atoms with Gasteiger partial charge in [-0.05, 0) is 6.92 Å². The predicted octanol–water partition coefficient (Wildman–Crippen LogP) is -0.117. The Bertz CT molecular complexity index is 170. The minimum atomic E-state index is 0.475. The Morgan fingerprint density at radius 3 is 2.25 bits per heavy atom. The number of aromatic nitrogens is 2. The molecule has 5 N–H and O–H groups in total. The summed E-state index contributed by atoms with van der Waals surface area (Å²) in [5.41, 5.74) is 11.5. The second-order valence-electron chi connectivity index (χ2n) is 1.65. The highest BCUT2D eigenvalue weighted by atomic mass is 15.2. The number of nitrogen functional groups attached to an aromatic ring is 2. The van der Waals surface area contributed by atoms with Crippen LogP contribution in [0.3, 0.4) is 0 Å². The molecule has 1 rings (SSSR count). The smallest absolute Gasteiger partial charge is 0.150 e. The number of aromatic amines is 1. The Balaban J connectivity index is 3.19. The van der Waals surface area contributed by atoms with Gasteiger partial charge in [0.05, 0.1) is 0 Å². The lowest BCUT2D eigenvalue weighted by Gasteiger charge is -1.84. The number of hydrogen-bond acceptors (Lipinski definition) is 3. The molecule has 0 atom stereocenters. The molecule has 0 saturated carbocycles. The average molecular weight is 112 g/mol. The summed E-state index contributed by atoms with van der Waals surface area (Å²) in [5.74, 6) is 1.02. The van der Waals surface area contributed by atoms with Crippen molar-refractivity contribution < 1.29 is 0 Å². The SMILES string of the molecule is Cc1c(N)n[nH]c1N. The Hall–Kier alpha value is -1.19. The molecule has 0 radical (unpaired) electrons. The van der Waals surface area contributed by atoms with Crippen molar-refractivity contribution in [3.05, 3.63) is 5.56 Å². The number of hydrogen-bond donors (Lipinski definition) is 3. The molecule has 1 aromatic rings.